The number of phenolic OH excluding ortho intramolecular Hbond substituents is 1. The molecule has 1 aliphatic heterocycles. The van der Waals surface area contributed by atoms with Gasteiger partial charge in [-0.2, -0.15) is 0 Å². The van der Waals surface area contributed by atoms with Crippen LogP contribution in [0.5, 0.6) is 17.2 Å². The number of hydrogen-bond donors (Lipinski definition) is 1. The number of esters is 1. The minimum Gasteiger partial charge on any atom is -0.507 e. The van der Waals surface area contributed by atoms with Crippen LogP contribution in [-0.4, -0.2) is 31.4 Å². The van der Waals surface area contributed by atoms with Gasteiger partial charge in [-0.05, 0) is 79.8 Å². The van der Waals surface area contributed by atoms with E-state index in [1.54, 1.807) is 7.11 Å². The van der Waals surface area contributed by atoms with Crippen LogP contribution in [0.25, 0.3) is 10.8 Å². The predicted octanol–water partition coefficient (Wildman–Crippen LogP) is 5.48. The van der Waals surface area contributed by atoms with Crippen LogP contribution in [0.15, 0.2) is 36.4 Å². The number of ether oxygens (including phenoxy) is 3. The molecule has 3 aromatic rings. The SMILES string of the molecule is COc1ccc2cc([C@H](C)C(=O)OCC3(C)COc4c(C)c(C)c(O)c(C)c43)ccc2c1. The van der Waals surface area contributed by atoms with Crippen molar-refractivity contribution in [2.75, 3.05) is 20.3 Å². The first-order chi connectivity index (χ1) is 15.2. The molecule has 1 unspecified atom stereocenters. The normalized spacial score (nSPS) is 18.2. The van der Waals surface area contributed by atoms with Crippen molar-refractivity contribution in [1.82, 2.24) is 0 Å². The summed E-state index contributed by atoms with van der Waals surface area (Å²) in [6.45, 7) is 10.2. The van der Waals surface area contributed by atoms with E-state index in [1.165, 1.54) is 0 Å². The van der Waals surface area contributed by atoms with Crippen LogP contribution < -0.4 is 9.47 Å². The minimum absolute atomic E-state index is 0.191. The third kappa shape index (κ3) is 3.56. The Morgan fingerprint density at radius 1 is 1.09 bits per heavy atom. The second-order valence-corrected chi connectivity index (χ2v) is 9.08. The van der Waals surface area contributed by atoms with Crippen LogP contribution in [0, 0.1) is 20.8 Å². The fraction of sp³-hybridized carbons (Fsp3) is 0.370. The van der Waals surface area contributed by atoms with Crippen molar-refractivity contribution in [1.29, 1.82) is 0 Å². The van der Waals surface area contributed by atoms with Crippen molar-refractivity contribution < 1.29 is 24.1 Å². The first-order valence-corrected chi connectivity index (χ1v) is 10.9. The third-order valence-electron chi connectivity index (χ3n) is 6.81. The highest BCUT2D eigenvalue weighted by Crippen LogP contribution is 2.47. The molecule has 1 heterocycles. The largest absolute Gasteiger partial charge is 0.507 e. The summed E-state index contributed by atoms with van der Waals surface area (Å²) in [6, 6.07) is 11.8. The third-order valence-corrected chi connectivity index (χ3v) is 6.81. The molecule has 0 radical (unpaired) electrons. The van der Waals surface area contributed by atoms with Crippen molar-refractivity contribution >= 4 is 16.7 Å². The average Bonchev–Trinajstić information content (AvgIpc) is 3.16. The lowest BCUT2D eigenvalue weighted by Gasteiger charge is -2.25. The molecule has 0 amide bonds. The van der Waals surface area contributed by atoms with Gasteiger partial charge in [-0.25, -0.2) is 0 Å². The summed E-state index contributed by atoms with van der Waals surface area (Å²) in [5, 5.41) is 12.6. The first kappa shape index (κ1) is 22.0. The number of phenols is 1. The molecule has 0 bridgehead atoms. The van der Waals surface area contributed by atoms with E-state index in [0.717, 1.165) is 50.1 Å². The highest BCUT2D eigenvalue weighted by atomic mass is 16.5. The summed E-state index contributed by atoms with van der Waals surface area (Å²) in [5.74, 6) is 1.20. The molecule has 3 aromatic carbocycles. The van der Waals surface area contributed by atoms with Crippen LogP contribution in [0.3, 0.4) is 0 Å². The second kappa shape index (κ2) is 8.05. The van der Waals surface area contributed by atoms with E-state index in [2.05, 4.69) is 0 Å². The lowest BCUT2D eigenvalue weighted by atomic mass is 9.80. The summed E-state index contributed by atoms with van der Waals surface area (Å²) < 4.78 is 17.1. The summed E-state index contributed by atoms with van der Waals surface area (Å²) in [4.78, 5) is 12.9. The fourth-order valence-corrected chi connectivity index (χ4v) is 4.56. The van der Waals surface area contributed by atoms with Crippen molar-refractivity contribution in [3.05, 3.63) is 64.2 Å². The molecule has 2 atom stereocenters. The Morgan fingerprint density at radius 2 is 1.78 bits per heavy atom. The Bertz CT molecular complexity index is 1210. The molecule has 0 saturated carbocycles. The summed E-state index contributed by atoms with van der Waals surface area (Å²) in [5.41, 5.74) is 3.87. The molecule has 0 fully saturated rings. The van der Waals surface area contributed by atoms with E-state index in [4.69, 9.17) is 14.2 Å². The molecule has 4 rings (SSSR count). The molecule has 168 valence electrons. The smallest absolute Gasteiger partial charge is 0.313 e. The van der Waals surface area contributed by atoms with Crippen LogP contribution in [0.1, 0.15) is 47.6 Å². The van der Waals surface area contributed by atoms with E-state index >= 15 is 0 Å². The molecule has 1 aliphatic rings. The summed E-state index contributed by atoms with van der Waals surface area (Å²) >= 11 is 0. The van der Waals surface area contributed by atoms with Crippen LogP contribution in [-0.2, 0) is 14.9 Å². The van der Waals surface area contributed by atoms with Gasteiger partial charge in [-0.3, -0.25) is 4.79 Å². The topological polar surface area (TPSA) is 65.0 Å². The molecule has 0 aliphatic carbocycles. The molecular formula is C27H30O5. The molecule has 5 nitrogen and oxygen atoms in total. The Hall–Kier alpha value is -3.21. The van der Waals surface area contributed by atoms with Gasteiger partial charge < -0.3 is 19.3 Å². The Kier molecular flexibility index (Phi) is 5.53. The van der Waals surface area contributed by atoms with Crippen LogP contribution in [0.4, 0.5) is 0 Å². The zero-order valence-electron chi connectivity index (χ0n) is 19.5. The zero-order valence-corrected chi connectivity index (χ0v) is 19.5. The second-order valence-electron chi connectivity index (χ2n) is 9.08. The zero-order chi connectivity index (χ0) is 23.2. The number of methoxy groups -OCH3 is 1. The van der Waals surface area contributed by atoms with Crippen molar-refractivity contribution in [2.24, 2.45) is 0 Å². The van der Waals surface area contributed by atoms with Gasteiger partial charge in [-0.1, -0.05) is 24.3 Å². The molecule has 32 heavy (non-hydrogen) atoms. The fourth-order valence-electron chi connectivity index (χ4n) is 4.56. The summed E-state index contributed by atoms with van der Waals surface area (Å²) in [6.07, 6.45) is 0. The highest BCUT2D eigenvalue weighted by Gasteiger charge is 2.41. The standard InChI is InChI=1S/C27H30O5/c1-15-16(2)25-23(18(4)24(15)28)27(5,13-31-25)14-32-26(29)17(3)19-7-8-21-12-22(30-6)10-9-20(21)11-19/h7-12,17,28H,13-14H2,1-6H3/t17-,27?/m0/s1. The molecular weight excluding hydrogens is 404 g/mol. The van der Waals surface area contributed by atoms with Gasteiger partial charge in [0.25, 0.3) is 0 Å². The Morgan fingerprint density at radius 3 is 2.50 bits per heavy atom. The number of aromatic hydroxyl groups is 1. The lowest BCUT2D eigenvalue weighted by Crippen LogP contribution is -2.33. The first-order valence-electron chi connectivity index (χ1n) is 10.9. The quantitative estimate of drug-likeness (QED) is 0.539. The van der Waals surface area contributed by atoms with Crippen LogP contribution in [0.2, 0.25) is 0 Å². The average molecular weight is 435 g/mol. The minimum atomic E-state index is -0.509. The van der Waals surface area contributed by atoms with Crippen molar-refractivity contribution in [3.8, 4) is 17.2 Å². The monoisotopic (exact) mass is 434 g/mol. The number of carbonyl (C=O) groups is 1. The number of rotatable bonds is 5. The highest BCUT2D eigenvalue weighted by molar-refractivity contribution is 5.86. The summed E-state index contributed by atoms with van der Waals surface area (Å²) in [7, 11) is 1.65. The molecule has 1 N–H and O–H groups in total. The van der Waals surface area contributed by atoms with E-state index in [0.29, 0.717) is 6.61 Å². The van der Waals surface area contributed by atoms with Crippen molar-refractivity contribution in [2.45, 2.75) is 46.0 Å². The molecule has 0 saturated heterocycles. The van der Waals surface area contributed by atoms with Gasteiger partial charge in [0.05, 0.1) is 18.4 Å². The number of carbonyl (C=O) groups excluding carboxylic acids is 1. The van der Waals surface area contributed by atoms with Gasteiger partial charge in [-0.15, -0.1) is 0 Å². The van der Waals surface area contributed by atoms with Crippen molar-refractivity contribution in [3.63, 3.8) is 0 Å². The maximum Gasteiger partial charge on any atom is 0.313 e. The molecule has 0 aromatic heterocycles. The van der Waals surface area contributed by atoms with E-state index < -0.39 is 11.3 Å². The number of benzene rings is 3. The predicted molar refractivity (Wildman–Crippen MR) is 125 cm³/mol. The van der Waals surface area contributed by atoms with E-state index in [9.17, 15) is 9.90 Å². The molecule has 5 heteroatoms. The maximum absolute atomic E-state index is 12.9. The number of hydrogen-bond acceptors (Lipinski definition) is 5. The van der Waals surface area contributed by atoms with Gasteiger partial charge >= 0.3 is 5.97 Å². The van der Waals surface area contributed by atoms with Gasteiger partial charge in [0.2, 0.25) is 0 Å². The Balaban J connectivity index is 1.53. The van der Waals surface area contributed by atoms with Gasteiger partial charge in [0.1, 0.15) is 30.5 Å². The number of fused-ring (bicyclic) bond motifs is 2. The lowest BCUT2D eigenvalue weighted by molar-refractivity contribution is -0.147. The molecule has 0 spiro atoms. The Labute approximate surface area is 188 Å². The van der Waals surface area contributed by atoms with E-state index in [1.807, 2.05) is 71.0 Å². The maximum atomic E-state index is 12.9. The van der Waals surface area contributed by atoms with Gasteiger partial charge in [0.15, 0.2) is 0 Å². The van der Waals surface area contributed by atoms with Crippen LogP contribution >= 0.6 is 0 Å². The van der Waals surface area contributed by atoms with Gasteiger partial charge in [0, 0.05) is 5.56 Å². The van der Waals surface area contributed by atoms with E-state index in [-0.39, 0.29) is 18.3 Å².